The zero-order valence-corrected chi connectivity index (χ0v) is 7.92. The second-order valence-electron chi connectivity index (χ2n) is 2.74. The van der Waals surface area contributed by atoms with E-state index in [2.05, 4.69) is 5.32 Å². The van der Waals surface area contributed by atoms with Crippen molar-refractivity contribution in [3.63, 3.8) is 0 Å². The van der Waals surface area contributed by atoms with Crippen LogP contribution >= 0.6 is 22.7 Å². The van der Waals surface area contributed by atoms with Gasteiger partial charge in [0, 0.05) is 20.8 Å². The molecule has 0 atom stereocenters. The molecule has 3 nitrogen and oxygen atoms in total. The Balaban J connectivity index is 2.50. The van der Waals surface area contributed by atoms with E-state index >= 15 is 0 Å². The maximum atomic E-state index is 11.3. The van der Waals surface area contributed by atoms with E-state index in [4.69, 9.17) is 0 Å². The average molecular weight is 209 g/mol. The van der Waals surface area contributed by atoms with Gasteiger partial charge < -0.3 is 0 Å². The molecule has 0 bridgehead atoms. The lowest BCUT2D eigenvalue weighted by Crippen LogP contribution is -2.20. The van der Waals surface area contributed by atoms with Crippen molar-refractivity contribution in [2.24, 2.45) is 0 Å². The maximum absolute atomic E-state index is 11.3. The number of thiophene rings is 2. The molecule has 2 aromatic heterocycles. The zero-order chi connectivity index (χ0) is 9.00. The van der Waals surface area contributed by atoms with Crippen LogP contribution in [0.1, 0.15) is 20.0 Å². The van der Waals surface area contributed by atoms with E-state index in [-0.39, 0.29) is 11.8 Å². The van der Waals surface area contributed by atoms with Crippen LogP contribution in [0.25, 0.3) is 10.1 Å². The molecule has 0 radical (unpaired) electrons. The Morgan fingerprint density at radius 1 is 1.15 bits per heavy atom. The topological polar surface area (TPSA) is 46.2 Å². The standard InChI is InChI=1S/C8H3NO2S2/c10-7-5-3-1-12-2-4(3)13-6(5)8(11)9-7/h1-2H,(H,9,10,11). The quantitative estimate of drug-likeness (QED) is 0.673. The van der Waals surface area contributed by atoms with Gasteiger partial charge in [0.1, 0.15) is 4.88 Å². The largest absolute Gasteiger partial charge is 0.287 e. The van der Waals surface area contributed by atoms with Crippen molar-refractivity contribution >= 4 is 44.6 Å². The summed E-state index contributed by atoms with van der Waals surface area (Å²) in [6.45, 7) is 0. The van der Waals surface area contributed by atoms with E-state index in [1.165, 1.54) is 11.3 Å². The van der Waals surface area contributed by atoms with Crippen LogP contribution in [0.3, 0.4) is 0 Å². The van der Waals surface area contributed by atoms with E-state index < -0.39 is 0 Å². The number of carbonyl (C=O) groups excluding carboxylic acids is 2. The summed E-state index contributed by atoms with van der Waals surface area (Å²) in [5, 5.41) is 7.05. The molecular formula is C8H3NO2S2. The van der Waals surface area contributed by atoms with Gasteiger partial charge in [0.05, 0.1) is 5.56 Å². The molecule has 0 spiro atoms. The number of hydrogen-bond donors (Lipinski definition) is 1. The molecule has 3 heterocycles. The fraction of sp³-hybridized carbons (Fsp3) is 0. The number of amides is 2. The SMILES string of the molecule is O=C1NC(=O)c2c1sc1cscc21. The number of fused-ring (bicyclic) bond motifs is 3. The van der Waals surface area contributed by atoms with Crippen molar-refractivity contribution in [1.82, 2.24) is 5.32 Å². The lowest BCUT2D eigenvalue weighted by atomic mass is 10.2. The van der Waals surface area contributed by atoms with Gasteiger partial charge in [-0.15, -0.1) is 11.3 Å². The Hall–Kier alpha value is -1.20. The summed E-state index contributed by atoms with van der Waals surface area (Å²) in [6, 6.07) is 0. The Kier molecular flexibility index (Phi) is 1.21. The highest BCUT2D eigenvalue weighted by molar-refractivity contribution is 7.24. The molecule has 1 N–H and O–H groups in total. The molecule has 64 valence electrons. The van der Waals surface area contributed by atoms with Crippen LogP contribution in [0, 0.1) is 0 Å². The highest BCUT2D eigenvalue weighted by Gasteiger charge is 2.31. The zero-order valence-electron chi connectivity index (χ0n) is 6.29. The summed E-state index contributed by atoms with van der Waals surface area (Å²) in [4.78, 5) is 23.1. The highest BCUT2D eigenvalue weighted by atomic mass is 32.1. The fourth-order valence-electron chi connectivity index (χ4n) is 1.44. The van der Waals surface area contributed by atoms with Gasteiger partial charge in [-0.1, -0.05) is 0 Å². The number of hydrogen-bond acceptors (Lipinski definition) is 4. The smallest absolute Gasteiger partial charge is 0.269 e. The lowest BCUT2D eigenvalue weighted by molar-refractivity contribution is 0.0881. The Morgan fingerprint density at radius 2 is 2.00 bits per heavy atom. The van der Waals surface area contributed by atoms with Gasteiger partial charge >= 0.3 is 0 Å². The van der Waals surface area contributed by atoms with Crippen LogP contribution in [0.2, 0.25) is 0 Å². The van der Waals surface area contributed by atoms with E-state index in [1.807, 2.05) is 10.8 Å². The predicted molar refractivity (Wildman–Crippen MR) is 51.5 cm³/mol. The molecule has 0 aliphatic carbocycles. The number of imide groups is 1. The van der Waals surface area contributed by atoms with Gasteiger partial charge in [0.25, 0.3) is 11.8 Å². The molecule has 0 aromatic carbocycles. The van der Waals surface area contributed by atoms with E-state index in [1.54, 1.807) is 11.3 Å². The van der Waals surface area contributed by atoms with Crippen molar-refractivity contribution < 1.29 is 9.59 Å². The fourth-order valence-corrected chi connectivity index (χ4v) is 3.51. The van der Waals surface area contributed by atoms with Crippen LogP contribution in [0.15, 0.2) is 10.8 Å². The Labute approximate surface area is 81.0 Å². The first-order chi connectivity index (χ1) is 6.27. The van der Waals surface area contributed by atoms with Crippen molar-refractivity contribution in [3.05, 3.63) is 21.2 Å². The monoisotopic (exact) mass is 209 g/mol. The third kappa shape index (κ3) is 0.777. The number of carbonyl (C=O) groups is 2. The molecule has 0 unspecified atom stereocenters. The third-order valence-electron chi connectivity index (χ3n) is 2.00. The van der Waals surface area contributed by atoms with Crippen molar-refractivity contribution in [2.75, 3.05) is 0 Å². The third-order valence-corrected chi connectivity index (χ3v) is 4.04. The van der Waals surface area contributed by atoms with Gasteiger partial charge in [-0.25, -0.2) is 0 Å². The molecule has 0 saturated carbocycles. The summed E-state index contributed by atoms with van der Waals surface area (Å²) >= 11 is 2.93. The number of nitrogens with one attached hydrogen (secondary N) is 1. The molecule has 0 fully saturated rings. The molecule has 0 saturated heterocycles. The highest BCUT2D eigenvalue weighted by Crippen LogP contribution is 2.36. The van der Waals surface area contributed by atoms with Crippen LogP contribution in [0.5, 0.6) is 0 Å². The van der Waals surface area contributed by atoms with Gasteiger partial charge in [0.15, 0.2) is 0 Å². The maximum Gasteiger partial charge on any atom is 0.269 e. The minimum absolute atomic E-state index is 0.258. The van der Waals surface area contributed by atoms with Crippen LogP contribution in [-0.2, 0) is 0 Å². The summed E-state index contributed by atoms with van der Waals surface area (Å²) in [7, 11) is 0. The molecule has 2 aromatic rings. The Morgan fingerprint density at radius 3 is 2.85 bits per heavy atom. The summed E-state index contributed by atoms with van der Waals surface area (Å²) in [6.07, 6.45) is 0. The minimum Gasteiger partial charge on any atom is -0.287 e. The Bertz CT molecular complexity index is 537. The van der Waals surface area contributed by atoms with Gasteiger partial charge in [-0.05, 0) is 0 Å². The first-order valence-electron chi connectivity index (χ1n) is 3.62. The van der Waals surface area contributed by atoms with E-state index in [9.17, 15) is 9.59 Å². The van der Waals surface area contributed by atoms with Crippen LogP contribution in [-0.4, -0.2) is 11.8 Å². The molecule has 2 amide bonds. The lowest BCUT2D eigenvalue weighted by Gasteiger charge is -1.86. The average Bonchev–Trinajstić information content (AvgIpc) is 2.63. The summed E-state index contributed by atoms with van der Waals surface area (Å²) < 4.78 is 1.03. The van der Waals surface area contributed by atoms with Crippen molar-refractivity contribution in [2.45, 2.75) is 0 Å². The van der Waals surface area contributed by atoms with Crippen molar-refractivity contribution in [3.8, 4) is 0 Å². The molecular weight excluding hydrogens is 206 g/mol. The molecule has 13 heavy (non-hydrogen) atoms. The molecule has 1 aliphatic rings. The minimum atomic E-state index is -0.260. The van der Waals surface area contributed by atoms with E-state index in [0.29, 0.717) is 10.4 Å². The number of rotatable bonds is 0. The molecule has 1 aliphatic heterocycles. The molecule has 3 rings (SSSR count). The normalized spacial score (nSPS) is 15.1. The predicted octanol–water partition coefficient (Wildman–Crippen LogP) is 1.85. The second kappa shape index (κ2) is 2.18. The van der Waals surface area contributed by atoms with E-state index in [0.717, 1.165) is 10.1 Å². The van der Waals surface area contributed by atoms with Gasteiger partial charge in [-0.3, -0.25) is 14.9 Å². The van der Waals surface area contributed by atoms with Crippen LogP contribution in [0.4, 0.5) is 0 Å². The van der Waals surface area contributed by atoms with Gasteiger partial charge in [0.2, 0.25) is 0 Å². The van der Waals surface area contributed by atoms with Crippen molar-refractivity contribution in [1.29, 1.82) is 0 Å². The van der Waals surface area contributed by atoms with Gasteiger partial charge in [-0.2, -0.15) is 11.3 Å². The summed E-state index contributed by atoms with van der Waals surface area (Å²) in [5.74, 6) is -0.518. The molecule has 5 heteroatoms. The summed E-state index contributed by atoms with van der Waals surface area (Å²) in [5.41, 5.74) is 0.561. The second-order valence-corrected chi connectivity index (χ2v) is 4.53. The first kappa shape index (κ1) is 7.23. The van der Waals surface area contributed by atoms with Crippen LogP contribution < -0.4 is 5.32 Å². The first-order valence-corrected chi connectivity index (χ1v) is 5.37.